The Bertz CT molecular complexity index is 2920. The van der Waals surface area contributed by atoms with Gasteiger partial charge in [-0.05, 0) is 78.3 Å². The van der Waals surface area contributed by atoms with Gasteiger partial charge in [-0.15, -0.1) is 8.78 Å². The topological polar surface area (TPSA) is 118 Å². The summed E-state index contributed by atoms with van der Waals surface area (Å²) in [6.45, 7) is 6.29. The van der Waals surface area contributed by atoms with E-state index in [-0.39, 0.29) is 21.9 Å². The van der Waals surface area contributed by atoms with Crippen LogP contribution in [0.2, 0.25) is 5.02 Å². The van der Waals surface area contributed by atoms with Crippen LogP contribution in [0.1, 0.15) is 120 Å². The van der Waals surface area contributed by atoms with Gasteiger partial charge in [0.1, 0.15) is 17.0 Å². The quantitative estimate of drug-likeness (QED) is 0.0299. The van der Waals surface area contributed by atoms with E-state index in [1.807, 2.05) is 42.5 Å². The third-order valence-corrected chi connectivity index (χ3v) is 14.0. The van der Waals surface area contributed by atoms with Crippen LogP contribution in [0.15, 0.2) is 102 Å². The summed E-state index contributed by atoms with van der Waals surface area (Å²) in [5.74, 6) is -10.7. The second-order valence-electron chi connectivity index (χ2n) is 19.4. The molecule has 4 aromatic rings. The number of aromatic nitrogens is 1. The molecule has 4 atom stereocenters. The summed E-state index contributed by atoms with van der Waals surface area (Å²) >= 11 is 6.89. The zero-order valence-electron chi connectivity index (χ0n) is 38.7. The molecule has 1 aromatic heterocycles. The maximum absolute atomic E-state index is 16.6. The number of hydrogen-bond donors (Lipinski definition) is 2. The molecule has 9 nitrogen and oxygen atoms in total. The molecule has 372 valence electrons. The Morgan fingerprint density at radius 3 is 2.22 bits per heavy atom. The standard InChI is InChI=1S/C51H55ClF7N3O6S/c1-48(2,3)24-14-10-8-6-5-7-9-11-15-25-67-46-38-16-12-13-17-40(38)61-45(46)32-18-23-37-41(27-32)60-42-28-33(26-39(52)44(37)42)34(31-68-69(4,65)66)29-49(35-19-21-36(53)22-20-35)43(54)30-62(59,47(63)64)51(57,58)50(49,55)56/h12-13,16-23,26-28,30,32,34,61H,5-11,14-15,24-25,29,31H2,1-4H3/p+1. The van der Waals surface area contributed by atoms with Crippen LogP contribution in [-0.4, -0.2) is 60.7 Å². The number of unbranched alkanes of at least 4 members (excludes halogenated alkanes) is 8. The number of halogens is 8. The van der Waals surface area contributed by atoms with Gasteiger partial charge in [-0.1, -0.05) is 120 Å². The van der Waals surface area contributed by atoms with Crippen LogP contribution in [0.5, 0.6) is 5.75 Å². The van der Waals surface area contributed by atoms with Crippen molar-refractivity contribution in [2.75, 3.05) is 19.5 Å². The molecule has 3 aliphatic rings. The van der Waals surface area contributed by atoms with Crippen molar-refractivity contribution in [3.63, 3.8) is 0 Å². The highest BCUT2D eigenvalue weighted by atomic mass is 35.5. The molecule has 3 aromatic carbocycles. The summed E-state index contributed by atoms with van der Waals surface area (Å²) in [5.41, 5.74) is -1.99. The average Bonchev–Trinajstić information content (AvgIpc) is 3.84. The first-order chi connectivity index (χ1) is 32.4. The van der Waals surface area contributed by atoms with Gasteiger partial charge in [-0.3, -0.25) is 4.18 Å². The number of quaternary nitrogens is 1. The van der Waals surface area contributed by atoms with Crippen LogP contribution in [0.4, 0.5) is 35.6 Å². The minimum absolute atomic E-state index is 0.0271. The van der Waals surface area contributed by atoms with Crippen molar-refractivity contribution < 1.29 is 62.8 Å². The highest BCUT2D eigenvalue weighted by Gasteiger charge is 2.87. The molecule has 4 unspecified atom stereocenters. The van der Waals surface area contributed by atoms with E-state index in [9.17, 15) is 22.7 Å². The third kappa shape index (κ3) is 10.4. The van der Waals surface area contributed by atoms with Gasteiger partial charge in [0.25, 0.3) is 10.1 Å². The second kappa shape index (κ2) is 20.0. The predicted molar refractivity (Wildman–Crippen MR) is 250 cm³/mol. The van der Waals surface area contributed by atoms with Gasteiger partial charge in [0.15, 0.2) is 12.0 Å². The molecule has 0 bridgehead atoms. The molecular weight excluding hydrogens is 951 g/mol. The molecule has 0 saturated heterocycles. The number of H-pyrrole nitrogens is 1. The molecule has 1 amide bonds. The second-order valence-corrected chi connectivity index (χ2v) is 21.5. The van der Waals surface area contributed by atoms with Crippen molar-refractivity contribution in [2.24, 2.45) is 10.4 Å². The predicted octanol–water partition coefficient (Wildman–Crippen LogP) is 13.1. The molecule has 2 aliphatic heterocycles. The first-order valence-electron chi connectivity index (χ1n) is 23.0. The largest absolute Gasteiger partial charge is 0.563 e. The lowest BCUT2D eigenvalue weighted by Gasteiger charge is -2.47. The number of ether oxygens (including phenoxy) is 1. The van der Waals surface area contributed by atoms with E-state index in [1.54, 1.807) is 0 Å². The van der Waals surface area contributed by atoms with E-state index in [1.165, 1.54) is 57.1 Å². The van der Waals surface area contributed by atoms with Crippen molar-refractivity contribution >= 4 is 44.3 Å². The lowest BCUT2D eigenvalue weighted by molar-refractivity contribution is -1.04. The number of carbonyl (C=O) groups is 1. The summed E-state index contributed by atoms with van der Waals surface area (Å²) in [4.78, 5) is 20.0. The molecular formula is C51H56ClF7N3O6S+. The molecule has 7 rings (SSSR count). The summed E-state index contributed by atoms with van der Waals surface area (Å²) in [5, 5.41) is 10.8. The number of nitrogens with one attached hydrogen (secondary N) is 1. The van der Waals surface area contributed by atoms with Crippen molar-refractivity contribution in [2.45, 2.75) is 121 Å². The van der Waals surface area contributed by atoms with Gasteiger partial charge >= 0.3 is 18.1 Å². The smallest absolute Gasteiger partial charge is 0.491 e. The Morgan fingerprint density at radius 1 is 0.942 bits per heavy atom. The number of para-hydroxylation sites is 1. The molecule has 0 radical (unpaired) electrons. The van der Waals surface area contributed by atoms with Crippen molar-refractivity contribution in [1.29, 1.82) is 0 Å². The zero-order valence-corrected chi connectivity index (χ0v) is 40.3. The summed E-state index contributed by atoms with van der Waals surface area (Å²) in [6, 6.07) is 6.45. The van der Waals surface area contributed by atoms with Crippen molar-refractivity contribution in [3.05, 3.63) is 135 Å². The highest BCUT2D eigenvalue weighted by Crippen LogP contribution is 2.63. The first-order valence-corrected chi connectivity index (χ1v) is 25.2. The van der Waals surface area contributed by atoms with Gasteiger partial charge in [0, 0.05) is 38.0 Å². The Morgan fingerprint density at radius 2 is 1.58 bits per heavy atom. The van der Waals surface area contributed by atoms with Crippen LogP contribution in [0.3, 0.4) is 0 Å². The lowest BCUT2D eigenvalue weighted by Crippen LogP contribution is -2.72. The molecule has 0 spiro atoms. The number of allylic oxidation sites excluding steroid dienone is 4. The van der Waals surface area contributed by atoms with Crippen LogP contribution in [0.25, 0.3) is 16.5 Å². The monoisotopic (exact) mass is 1010 g/mol. The van der Waals surface area contributed by atoms with Crippen LogP contribution >= 0.6 is 11.6 Å². The van der Waals surface area contributed by atoms with E-state index >= 15 is 26.4 Å². The van der Waals surface area contributed by atoms with Crippen molar-refractivity contribution in [3.8, 4) is 5.75 Å². The first kappa shape index (κ1) is 51.9. The summed E-state index contributed by atoms with van der Waals surface area (Å²) < 4.78 is 143. The number of rotatable bonds is 20. The van der Waals surface area contributed by atoms with E-state index in [0.717, 1.165) is 35.9 Å². The van der Waals surface area contributed by atoms with Crippen molar-refractivity contribution in [1.82, 2.24) is 4.98 Å². The fourth-order valence-electron chi connectivity index (χ4n) is 9.50. The third-order valence-electron chi connectivity index (χ3n) is 13.2. The number of nitrogens with zero attached hydrogens (tertiary/aromatic N) is 2. The molecule has 18 heteroatoms. The van der Waals surface area contributed by atoms with Crippen LogP contribution in [-0.2, 0) is 19.7 Å². The highest BCUT2D eigenvalue weighted by molar-refractivity contribution is 7.86. The molecule has 2 N–H and O–H groups in total. The van der Waals surface area contributed by atoms with Gasteiger partial charge in [-0.25, -0.2) is 13.8 Å². The van der Waals surface area contributed by atoms with Gasteiger partial charge in [0.2, 0.25) is 0 Å². The molecule has 0 fully saturated rings. The number of carboxylic acid groups (broad SMARTS) is 1. The van der Waals surface area contributed by atoms with E-state index < -0.39 is 80.7 Å². The van der Waals surface area contributed by atoms with Crippen LogP contribution < -0.4 is 15.3 Å². The normalized spacial score (nSPS) is 22.1. The molecule has 69 heavy (non-hydrogen) atoms. The number of alkyl halides is 4. The fraction of sp³-hybridized carbons (Fsp3) is 0.451. The molecule has 1 aliphatic carbocycles. The number of aromatic amines is 1. The zero-order chi connectivity index (χ0) is 50.2. The number of fused-ring (bicyclic) bond motifs is 3. The Labute approximate surface area is 401 Å². The lowest BCUT2D eigenvalue weighted by atomic mass is 9.65. The molecule has 0 saturated carbocycles. The average molecular weight is 1010 g/mol. The Balaban J connectivity index is 1.17. The van der Waals surface area contributed by atoms with Gasteiger partial charge in [0.05, 0.1) is 45.9 Å². The van der Waals surface area contributed by atoms with Gasteiger partial charge in [-0.2, -0.15) is 22.0 Å². The fourth-order valence-corrected chi connectivity index (χ4v) is 10.2. The number of benzene rings is 3. The number of amides is 1. The molecule has 3 heterocycles. The summed E-state index contributed by atoms with van der Waals surface area (Å²) in [7, 11) is -4.38. The Hall–Kier alpha value is -4.97. The maximum atomic E-state index is 16.6. The minimum atomic E-state index is -6.17. The SMILES string of the molecule is CC(C)(C)CCCCCCCCCCCOc1c(C2C=CC3=c4c(Cl)cc(C(COS(C)(=O)=O)CC5(c6ccc(F)cc6)C(F)=C[N+](F)(C(=O)O)C(F)(F)C5(F)F)cc4=NC3=C2)[nH]c2ccccc12. The number of hydrogen-bond acceptors (Lipinski definition) is 6. The van der Waals surface area contributed by atoms with E-state index in [0.29, 0.717) is 64.8 Å². The van der Waals surface area contributed by atoms with E-state index in [4.69, 9.17) is 25.5 Å². The summed E-state index contributed by atoms with van der Waals surface area (Å²) in [6.07, 6.45) is 12.5. The minimum Gasteiger partial charge on any atom is -0.491 e. The van der Waals surface area contributed by atoms with E-state index in [2.05, 4.69) is 25.8 Å². The van der Waals surface area contributed by atoms with Gasteiger partial charge < -0.3 is 14.8 Å². The Kier molecular flexibility index (Phi) is 15.1. The van der Waals surface area contributed by atoms with Crippen LogP contribution in [0, 0.1) is 11.2 Å². The maximum Gasteiger partial charge on any atom is 0.563 e.